The molecule has 0 aliphatic heterocycles. The van der Waals surface area contributed by atoms with E-state index in [1.165, 1.54) is 5.56 Å². The van der Waals surface area contributed by atoms with Crippen molar-refractivity contribution in [3.8, 4) is 17.2 Å². The third-order valence-electron chi connectivity index (χ3n) is 5.61. The average Bonchev–Trinajstić information content (AvgIpc) is 2.91. The molecule has 182 valence electrons. The van der Waals surface area contributed by atoms with Gasteiger partial charge in [-0.3, -0.25) is 4.79 Å². The number of ketones is 1. The van der Waals surface area contributed by atoms with Gasteiger partial charge in [0, 0.05) is 18.2 Å². The van der Waals surface area contributed by atoms with E-state index < -0.39 is 6.03 Å². The summed E-state index contributed by atoms with van der Waals surface area (Å²) in [5, 5.41) is 5.59. The Morgan fingerprint density at radius 2 is 1.47 bits per heavy atom. The minimum atomic E-state index is -0.465. The van der Waals surface area contributed by atoms with Crippen LogP contribution in [0, 0.1) is 0 Å². The number of carbonyl (C=O) groups is 2. The monoisotopic (exact) mass is 480 g/mol. The molecule has 4 aromatic carbocycles. The van der Waals surface area contributed by atoms with Gasteiger partial charge in [-0.2, -0.15) is 0 Å². The maximum Gasteiger partial charge on any atom is 0.323 e. The van der Waals surface area contributed by atoms with Crippen molar-refractivity contribution in [3.05, 3.63) is 114 Å². The van der Waals surface area contributed by atoms with Gasteiger partial charge in [0.1, 0.15) is 11.5 Å². The smallest absolute Gasteiger partial charge is 0.323 e. The molecule has 0 heterocycles. The Hall–Kier alpha value is -4.58. The number of amides is 2. The molecule has 0 bridgehead atoms. The van der Waals surface area contributed by atoms with Crippen LogP contribution in [0.3, 0.4) is 0 Å². The van der Waals surface area contributed by atoms with Crippen molar-refractivity contribution in [2.24, 2.45) is 0 Å². The van der Waals surface area contributed by atoms with Crippen molar-refractivity contribution in [3.63, 3.8) is 0 Å². The van der Waals surface area contributed by atoms with Crippen molar-refractivity contribution >= 4 is 23.2 Å². The molecule has 4 rings (SSSR count). The Balaban J connectivity index is 1.55. The number of nitrogens with one attached hydrogen (secondary N) is 2. The van der Waals surface area contributed by atoms with Gasteiger partial charge >= 0.3 is 6.03 Å². The minimum Gasteiger partial charge on any atom is -0.497 e. The summed E-state index contributed by atoms with van der Waals surface area (Å²) < 4.78 is 11.4. The van der Waals surface area contributed by atoms with Crippen LogP contribution in [-0.2, 0) is 6.42 Å². The van der Waals surface area contributed by atoms with Gasteiger partial charge < -0.3 is 20.1 Å². The number of para-hydroxylation sites is 1. The third-order valence-corrected chi connectivity index (χ3v) is 5.61. The molecular weight excluding hydrogens is 452 g/mol. The fraction of sp³-hybridized carbons (Fsp3) is 0.133. The third kappa shape index (κ3) is 6.30. The van der Waals surface area contributed by atoms with Crippen LogP contribution in [0.4, 0.5) is 16.2 Å². The minimum absolute atomic E-state index is 0.0810. The van der Waals surface area contributed by atoms with E-state index in [0.29, 0.717) is 40.6 Å². The van der Waals surface area contributed by atoms with Crippen molar-refractivity contribution in [2.75, 3.05) is 17.7 Å². The van der Waals surface area contributed by atoms with E-state index in [2.05, 4.69) is 22.8 Å². The second-order valence-electron chi connectivity index (χ2n) is 8.18. The number of anilines is 2. The molecule has 0 atom stereocenters. The van der Waals surface area contributed by atoms with Crippen LogP contribution in [0.1, 0.15) is 34.8 Å². The van der Waals surface area contributed by atoms with Gasteiger partial charge in [-0.25, -0.2) is 4.79 Å². The van der Waals surface area contributed by atoms with Gasteiger partial charge in [0.15, 0.2) is 11.5 Å². The fourth-order valence-electron chi connectivity index (χ4n) is 3.77. The highest BCUT2D eigenvalue weighted by Crippen LogP contribution is 2.34. The van der Waals surface area contributed by atoms with Gasteiger partial charge in [0.25, 0.3) is 0 Å². The molecule has 2 amide bonds. The van der Waals surface area contributed by atoms with Crippen LogP contribution >= 0.6 is 0 Å². The molecular formula is C30H28N2O4. The molecule has 0 saturated heterocycles. The molecule has 0 radical (unpaired) electrons. The Morgan fingerprint density at radius 1 is 0.750 bits per heavy atom. The zero-order valence-electron chi connectivity index (χ0n) is 20.3. The van der Waals surface area contributed by atoms with Crippen LogP contribution in [0.15, 0.2) is 97.1 Å². The largest absolute Gasteiger partial charge is 0.497 e. The summed E-state index contributed by atoms with van der Waals surface area (Å²) in [6.07, 6.45) is 1.12. The maximum atomic E-state index is 12.8. The fourth-order valence-corrected chi connectivity index (χ4v) is 3.77. The lowest BCUT2D eigenvalue weighted by Gasteiger charge is -2.16. The molecule has 0 aliphatic carbocycles. The standard InChI is InChI=1S/C30H28N2O4/c1-3-28(33)26-13-8-14-27(32-30(34)31-23-11-7-12-25(20-23)35-2)29(26)36-24-17-15-22(16-18-24)19-21-9-5-4-6-10-21/h4-18,20H,3,19H2,1-2H3,(H2,31,32,34). The van der Waals surface area contributed by atoms with E-state index in [4.69, 9.17) is 9.47 Å². The van der Waals surface area contributed by atoms with Crippen LogP contribution in [0.2, 0.25) is 0 Å². The molecule has 0 aromatic heterocycles. The number of rotatable bonds is 9. The molecule has 6 heteroatoms. The zero-order chi connectivity index (χ0) is 25.3. The van der Waals surface area contributed by atoms with Crippen molar-refractivity contribution in [2.45, 2.75) is 19.8 Å². The van der Waals surface area contributed by atoms with Gasteiger partial charge in [0.05, 0.1) is 18.4 Å². The lowest BCUT2D eigenvalue weighted by molar-refractivity contribution is 0.0986. The Bertz CT molecular complexity index is 1330. The topological polar surface area (TPSA) is 76.7 Å². The average molecular weight is 481 g/mol. The van der Waals surface area contributed by atoms with Crippen molar-refractivity contribution in [1.82, 2.24) is 0 Å². The first kappa shape index (κ1) is 24.5. The zero-order valence-corrected chi connectivity index (χ0v) is 20.3. The highest BCUT2D eigenvalue weighted by atomic mass is 16.5. The number of hydrogen-bond acceptors (Lipinski definition) is 4. The lowest BCUT2D eigenvalue weighted by atomic mass is 10.0. The first-order chi connectivity index (χ1) is 17.6. The van der Waals surface area contributed by atoms with E-state index >= 15 is 0 Å². The predicted octanol–water partition coefficient (Wildman–Crippen LogP) is 7.32. The molecule has 6 nitrogen and oxygen atoms in total. The molecule has 2 N–H and O–H groups in total. The molecule has 36 heavy (non-hydrogen) atoms. The normalized spacial score (nSPS) is 10.4. The lowest BCUT2D eigenvalue weighted by Crippen LogP contribution is -2.20. The number of hydrogen-bond donors (Lipinski definition) is 2. The van der Waals surface area contributed by atoms with E-state index in [1.807, 2.05) is 42.5 Å². The number of urea groups is 1. The number of carbonyl (C=O) groups excluding carboxylic acids is 2. The second-order valence-corrected chi connectivity index (χ2v) is 8.18. The van der Waals surface area contributed by atoms with E-state index in [0.717, 1.165) is 12.0 Å². The van der Waals surface area contributed by atoms with E-state index in [9.17, 15) is 9.59 Å². The van der Waals surface area contributed by atoms with Crippen LogP contribution in [0.25, 0.3) is 0 Å². The molecule has 0 saturated carbocycles. The van der Waals surface area contributed by atoms with E-state index in [-0.39, 0.29) is 5.78 Å². The highest BCUT2D eigenvalue weighted by molar-refractivity contribution is 6.05. The molecule has 0 fully saturated rings. The number of methoxy groups -OCH3 is 1. The van der Waals surface area contributed by atoms with Crippen LogP contribution in [0.5, 0.6) is 17.2 Å². The Labute approximate surface area is 210 Å². The summed E-state index contributed by atoms with van der Waals surface area (Å²) in [6.45, 7) is 1.79. The second kappa shape index (κ2) is 11.7. The quantitative estimate of drug-likeness (QED) is 0.246. The Kier molecular flexibility index (Phi) is 7.98. The molecule has 0 spiro atoms. The van der Waals surface area contributed by atoms with Crippen molar-refractivity contribution < 1.29 is 19.1 Å². The summed E-state index contributed by atoms with van der Waals surface area (Å²) in [5.41, 5.74) is 3.73. The van der Waals surface area contributed by atoms with Gasteiger partial charge in [-0.1, -0.05) is 61.5 Å². The van der Waals surface area contributed by atoms with Crippen molar-refractivity contribution in [1.29, 1.82) is 0 Å². The maximum absolute atomic E-state index is 12.8. The molecule has 0 unspecified atom stereocenters. The summed E-state index contributed by atoms with van der Waals surface area (Å²) in [5.74, 6) is 1.42. The summed E-state index contributed by atoms with van der Waals surface area (Å²) >= 11 is 0. The number of benzene rings is 4. The number of ether oxygens (including phenoxy) is 2. The van der Waals surface area contributed by atoms with Gasteiger partial charge in [-0.05, 0) is 53.9 Å². The Morgan fingerprint density at radius 3 is 2.19 bits per heavy atom. The van der Waals surface area contributed by atoms with Gasteiger partial charge in [-0.15, -0.1) is 0 Å². The van der Waals surface area contributed by atoms with Gasteiger partial charge in [0.2, 0.25) is 0 Å². The molecule has 4 aromatic rings. The number of Topliss-reactive ketones (excluding diaryl/α,β-unsaturated/α-hetero) is 1. The van der Waals surface area contributed by atoms with E-state index in [1.54, 1.807) is 56.5 Å². The first-order valence-corrected chi connectivity index (χ1v) is 11.7. The van der Waals surface area contributed by atoms with Crippen LogP contribution in [-0.4, -0.2) is 18.9 Å². The highest BCUT2D eigenvalue weighted by Gasteiger charge is 2.18. The summed E-state index contributed by atoms with van der Waals surface area (Å²) in [6, 6.07) is 29.7. The summed E-state index contributed by atoms with van der Waals surface area (Å²) in [7, 11) is 1.56. The first-order valence-electron chi connectivity index (χ1n) is 11.7. The summed E-state index contributed by atoms with van der Waals surface area (Å²) in [4.78, 5) is 25.4. The molecule has 0 aliphatic rings. The van der Waals surface area contributed by atoms with Crippen LogP contribution < -0.4 is 20.1 Å². The SMILES string of the molecule is CCC(=O)c1cccc(NC(=O)Nc2cccc(OC)c2)c1Oc1ccc(Cc2ccccc2)cc1. The predicted molar refractivity (Wildman–Crippen MR) is 142 cm³/mol.